The summed E-state index contributed by atoms with van der Waals surface area (Å²) in [6.45, 7) is 5.04. The molecule has 2 aromatic rings. The number of amides is 4. The predicted octanol–water partition coefficient (Wildman–Crippen LogP) is 2.03. The number of carbonyl (C=O) groups excluding carboxylic acids is 3. The van der Waals surface area contributed by atoms with Gasteiger partial charge in [0.15, 0.2) is 0 Å². The van der Waals surface area contributed by atoms with Crippen molar-refractivity contribution >= 4 is 17.8 Å². The Balaban J connectivity index is 1.70. The maximum Gasteiger partial charge on any atom is 0.325 e. The first kappa shape index (κ1) is 18.6. The molecule has 27 heavy (non-hydrogen) atoms. The molecule has 0 aliphatic carbocycles. The van der Waals surface area contributed by atoms with Gasteiger partial charge in [-0.25, -0.2) is 4.79 Å². The quantitative estimate of drug-likeness (QED) is 0.792. The first-order valence-electron chi connectivity index (χ1n) is 8.73. The van der Waals surface area contributed by atoms with E-state index in [0.29, 0.717) is 11.3 Å². The number of carbonyl (C=O) groups is 3. The van der Waals surface area contributed by atoms with Crippen LogP contribution in [-0.4, -0.2) is 34.3 Å². The summed E-state index contributed by atoms with van der Waals surface area (Å²) in [6.07, 6.45) is 1.64. The van der Waals surface area contributed by atoms with E-state index in [4.69, 9.17) is 0 Å². The zero-order valence-electron chi connectivity index (χ0n) is 15.5. The number of hydrogen-bond acceptors (Lipinski definition) is 4. The Morgan fingerprint density at radius 2 is 1.93 bits per heavy atom. The van der Waals surface area contributed by atoms with Crippen molar-refractivity contribution in [2.45, 2.75) is 32.4 Å². The highest BCUT2D eigenvalue weighted by Crippen LogP contribution is 2.28. The predicted molar refractivity (Wildman–Crippen MR) is 99.6 cm³/mol. The fraction of sp³-hybridized carbons (Fsp3) is 0.300. The van der Waals surface area contributed by atoms with Crippen molar-refractivity contribution in [2.24, 2.45) is 0 Å². The number of pyridine rings is 1. The average molecular weight is 366 g/mol. The van der Waals surface area contributed by atoms with Gasteiger partial charge in [-0.1, -0.05) is 35.9 Å². The molecular weight excluding hydrogens is 344 g/mol. The standard InChI is InChI=1S/C20H22N4O3/c1-13-7-9-15(10-8-13)20(3)18(26)24(19(27)23-20)12-17(25)22-14(2)16-6-4-5-11-21-16/h4-11,14H,12H2,1-3H3,(H,22,25)(H,23,27). The molecule has 0 spiro atoms. The van der Waals surface area contributed by atoms with Crippen molar-refractivity contribution < 1.29 is 14.4 Å². The van der Waals surface area contributed by atoms with E-state index in [0.717, 1.165) is 10.5 Å². The van der Waals surface area contributed by atoms with Crippen LogP contribution in [0, 0.1) is 6.92 Å². The molecule has 1 saturated heterocycles. The number of urea groups is 1. The summed E-state index contributed by atoms with van der Waals surface area (Å²) in [4.78, 5) is 42.7. The van der Waals surface area contributed by atoms with Crippen LogP contribution in [0.3, 0.4) is 0 Å². The van der Waals surface area contributed by atoms with Crippen LogP contribution in [0.15, 0.2) is 48.7 Å². The Labute approximate surface area is 157 Å². The summed E-state index contributed by atoms with van der Waals surface area (Å²) in [5, 5.41) is 5.46. The summed E-state index contributed by atoms with van der Waals surface area (Å²) in [7, 11) is 0. The summed E-state index contributed by atoms with van der Waals surface area (Å²) >= 11 is 0. The summed E-state index contributed by atoms with van der Waals surface area (Å²) in [5.74, 6) is -0.873. The van der Waals surface area contributed by atoms with Gasteiger partial charge in [0, 0.05) is 6.20 Å². The number of rotatable bonds is 5. The summed E-state index contributed by atoms with van der Waals surface area (Å²) < 4.78 is 0. The van der Waals surface area contributed by atoms with Gasteiger partial charge in [0.1, 0.15) is 12.1 Å². The zero-order valence-corrected chi connectivity index (χ0v) is 15.5. The van der Waals surface area contributed by atoms with E-state index in [1.165, 1.54) is 0 Å². The minimum atomic E-state index is -1.18. The van der Waals surface area contributed by atoms with Crippen LogP contribution < -0.4 is 10.6 Å². The molecule has 0 bridgehead atoms. The van der Waals surface area contributed by atoms with Crippen LogP contribution >= 0.6 is 0 Å². The Bertz CT molecular complexity index is 867. The van der Waals surface area contributed by atoms with Gasteiger partial charge in [-0.2, -0.15) is 0 Å². The fourth-order valence-electron chi connectivity index (χ4n) is 3.06. The molecule has 140 valence electrons. The number of benzene rings is 1. The van der Waals surface area contributed by atoms with E-state index in [2.05, 4.69) is 15.6 Å². The van der Waals surface area contributed by atoms with Gasteiger partial charge in [0.25, 0.3) is 5.91 Å². The largest absolute Gasteiger partial charge is 0.346 e. The number of aromatic nitrogens is 1. The van der Waals surface area contributed by atoms with Gasteiger partial charge >= 0.3 is 6.03 Å². The van der Waals surface area contributed by atoms with Crippen LogP contribution in [-0.2, 0) is 15.1 Å². The molecule has 0 saturated carbocycles. The molecular formula is C20H22N4O3. The molecule has 2 atom stereocenters. The fourth-order valence-corrected chi connectivity index (χ4v) is 3.06. The van der Waals surface area contributed by atoms with Crippen LogP contribution in [0.1, 0.15) is 36.7 Å². The van der Waals surface area contributed by atoms with Crippen LogP contribution in [0.4, 0.5) is 4.79 Å². The second kappa shape index (κ2) is 7.19. The third kappa shape index (κ3) is 3.67. The average Bonchev–Trinajstić information content (AvgIpc) is 2.87. The van der Waals surface area contributed by atoms with Gasteiger partial charge < -0.3 is 10.6 Å². The molecule has 4 amide bonds. The smallest absolute Gasteiger partial charge is 0.325 e. The molecule has 1 aliphatic rings. The highest BCUT2D eigenvalue weighted by atomic mass is 16.2. The molecule has 2 unspecified atom stereocenters. The summed E-state index contributed by atoms with van der Waals surface area (Å²) in [6, 6.07) is 11.9. The maximum atomic E-state index is 12.9. The second-order valence-electron chi connectivity index (χ2n) is 6.86. The highest BCUT2D eigenvalue weighted by molar-refractivity contribution is 6.09. The molecule has 1 aromatic heterocycles. The zero-order chi connectivity index (χ0) is 19.6. The van der Waals surface area contributed by atoms with Gasteiger partial charge in [-0.15, -0.1) is 0 Å². The van der Waals surface area contributed by atoms with Gasteiger partial charge in [0.05, 0.1) is 11.7 Å². The minimum absolute atomic E-state index is 0.331. The van der Waals surface area contributed by atoms with Gasteiger partial charge in [-0.05, 0) is 38.5 Å². The minimum Gasteiger partial charge on any atom is -0.346 e. The van der Waals surface area contributed by atoms with Crippen molar-refractivity contribution in [3.8, 4) is 0 Å². The van der Waals surface area contributed by atoms with E-state index < -0.39 is 23.4 Å². The Morgan fingerprint density at radius 1 is 1.22 bits per heavy atom. The molecule has 2 heterocycles. The molecule has 3 rings (SSSR count). The van der Waals surface area contributed by atoms with Crippen molar-refractivity contribution in [1.82, 2.24) is 20.5 Å². The number of hydrogen-bond donors (Lipinski definition) is 2. The van der Waals surface area contributed by atoms with Gasteiger partial charge in [0.2, 0.25) is 5.91 Å². The Hall–Kier alpha value is -3.22. The van der Waals surface area contributed by atoms with E-state index in [-0.39, 0.29) is 12.6 Å². The maximum absolute atomic E-state index is 12.9. The lowest BCUT2D eigenvalue weighted by Crippen LogP contribution is -2.43. The normalized spacial score (nSPS) is 20.3. The monoisotopic (exact) mass is 366 g/mol. The van der Waals surface area contributed by atoms with E-state index in [9.17, 15) is 14.4 Å². The molecule has 7 heteroatoms. The lowest BCUT2D eigenvalue weighted by molar-refractivity contribution is -0.135. The second-order valence-corrected chi connectivity index (χ2v) is 6.86. The van der Waals surface area contributed by atoms with E-state index in [1.54, 1.807) is 44.3 Å². The van der Waals surface area contributed by atoms with Crippen molar-refractivity contribution in [2.75, 3.05) is 6.54 Å². The molecule has 1 fully saturated rings. The SMILES string of the molecule is Cc1ccc(C2(C)NC(=O)N(CC(=O)NC(C)c3ccccn3)C2=O)cc1. The summed E-state index contributed by atoms with van der Waals surface area (Å²) in [5.41, 5.74) is 1.25. The first-order chi connectivity index (χ1) is 12.8. The number of nitrogens with one attached hydrogen (secondary N) is 2. The van der Waals surface area contributed by atoms with Crippen molar-refractivity contribution in [1.29, 1.82) is 0 Å². The lowest BCUT2D eigenvalue weighted by Gasteiger charge is -2.22. The highest BCUT2D eigenvalue weighted by Gasteiger charge is 2.49. The topological polar surface area (TPSA) is 91.4 Å². The molecule has 1 aromatic carbocycles. The Morgan fingerprint density at radius 3 is 2.56 bits per heavy atom. The molecule has 1 aliphatic heterocycles. The number of nitrogens with zero attached hydrogens (tertiary/aromatic N) is 2. The molecule has 7 nitrogen and oxygen atoms in total. The van der Waals surface area contributed by atoms with Crippen LogP contribution in [0.2, 0.25) is 0 Å². The number of aryl methyl sites for hydroxylation is 1. The Kier molecular flexibility index (Phi) is 4.94. The third-order valence-electron chi connectivity index (χ3n) is 4.71. The van der Waals surface area contributed by atoms with Crippen molar-refractivity contribution in [3.05, 3.63) is 65.5 Å². The number of imide groups is 1. The van der Waals surface area contributed by atoms with Gasteiger partial charge in [-0.3, -0.25) is 19.5 Å². The third-order valence-corrected chi connectivity index (χ3v) is 4.71. The van der Waals surface area contributed by atoms with E-state index in [1.807, 2.05) is 25.1 Å². The van der Waals surface area contributed by atoms with Crippen molar-refractivity contribution in [3.63, 3.8) is 0 Å². The molecule has 2 N–H and O–H groups in total. The van der Waals surface area contributed by atoms with Crippen LogP contribution in [0.25, 0.3) is 0 Å². The lowest BCUT2D eigenvalue weighted by atomic mass is 9.91. The first-order valence-corrected chi connectivity index (χ1v) is 8.73. The molecule has 0 radical (unpaired) electrons. The van der Waals surface area contributed by atoms with E-state index >= 15 is 0 Å². The van der Waals surface area contributed by atoms with Crippen LogP contribution in [0.5, 0.6) is 0 Å².